The first kappa shape index (κ1) is 18.5. The van der Waals surface area contributed by atoms with E-state index in [4.69, 9.17) is 18.9 Å². The number of phenols is 1. The zero-order chi connectivity index (χ0) is 20.7. The highest BCUT2D eigenvalue weighted by molar-refractivity contribution is 5.59. The summed E-state index contributed by atoms with van der Waals surface area (Å²) < 4.78 is 22.9. The normalized spacial score (nSPS) is 21.5. The number of nitrogens with one attached hydrogen (secondary N) is 1. The van der Waals surface area contributed by atoms with E-state index in [2.05, 4.69) is 12.2 Å². The largest absolute Gasteiger partial charge is 0.504 e. The minimum absolute atomic E-state index is 0.00363. The quantitative estimate of drug-likeness (QED) is 0.654. The van der Waals surface area contributed by atoms with E-state index in [1.807, 2.05) is 54.6 Å². The number of fused-ring (bicyclic) bond motifs is 2. The molecule has 0 fully saturated rings. The molecule has 0 bridgehead atoms. The lowest BCUT2D eigenvalue weighted by atomic mass is 9.78. The fraction of sp³-hybridized carbons (Fsp3) is 0.250. The second-order valence-corrected chi connectivity index (χ2v) is 7.53. The number of ether oxygens (including phenoxy) is 4. The van der Waals surface area contributed by atoms with E-state index >= 15 is 0 Å². The second-order valence-electron chi connectivity index (χ2n) is 7.53. The monoisotopic (exact) mass is 405 g/mol. The van der Waals surface area contributed by atoms with Gasteiger partial charge in [0.1, 0.15) is 5.75 Å². The van der Waals surface area contributed by atoms with Gasteiger partial charge in [0.05, 0.1) is 7.11 Å². The predicted molar refractivity (Wildman–Crippen MR) is 113 cm³/mol. The molecule has 6 heteroatoms. The van der Waals surface area contributed by atoms with Crippen LogP contribution in [0.5, 0.6) is 28.7 Å². The standard InChI is InChI=1S/C24H23NO5/c1-14-22(16-9-6-10-18(27-2)23(16)26)17-11-20-21(29-13-28-20)12-19(17)30-24(14)25-15-7-4-3-5-8-15/h3-12,14,22,24-26H,13H2,1-2H3/t14-,22+,24-/m0/s1. The van der Waals surface area contributed by atoms with Crippen LogP contribution >= 0.6 is 0 Å². The summed E-state index contributed by atoms with van der Waals surface area (Å²) >= 11 is 0. The number of methoxy groups -OCH3 is 1. The second kappa shape index (κ2) is 7.37. The van der Waals surface area contributed by atoms with Crippen LogP contribution in [0.25, 0.3) is 0 Å². The molecular weight excluding hydrogens is 382 g/mol. The van der Waals surface area contributed by atoms with Gasteiger partial charge in [-0.25, -0.2) is 0 Å². The van der Waals surface area contributed by atoms with E-state index in [9.17, 15) is 5.11 Å². The van der Waals surface area contributed by atoms with Crippen molar-refractivity contribution in [3.05, 3.63) is 71.8 Å². The number of aromatic hydroxyl groups is 1. The van der Waals surface area contributed by atoms with Crippen LogP contribution in [0.4, 0.5) is 5.69 Å². The third-order valence-electron chi connectivity index (χ3n) is 5.77. The van der Waals surface area contributed by atoms with Crippen molar-refractivity contribution in [1.29, 1.82) is 0 Å². The van der Waals surface area contributed by atoms with Crippen LogP contribution in [0.2, 0.25) is 0 Å². The third kappa shape index (κ3) is 3.05. The Kier molecular flexibility index (Phi) is 4.54. The Hall–Kier alpha value is -3.54. The fourth-order valence-corrected chi connectivity index (χ4v) is 4.25. The Morgan fingerprint density at radius 1 is 0.933 bits per heavy atom. The molecular formula is C24H23NO5. The lowest BCUT2D eigenvalue weighted by Crippen LogP contribution is -2.40. The maximum atomic E-state index is 10.9. The third-order valence-corrected chi connectivity index (χ3v) is 5.77. The van der Waals surface area contributed by atoms with E-state index in [1.165, 1.54) is 0 Å². The van der Waals surface area contributed by atoms with Crippen LogP contribution in [-0.2, 0) is 0 Å². The van der Waals surface area contributed by atoms with E-state index in [1.54, 1.807) is 13.2 Å². The summed E-state index contributed by atoms with van der Waals surface area (Å²) in [6.45, 7) is 2.30. The van der Waals surface area contributed by atoms with Crippen LogP contribution in [-0.4, -0.2) is 25.2 Å². The highest BCUT2D eigenvalue weighted by Gasteiger charge is 2.39. The summed E-state index contributed by atoms with van der Waals surface area (Å²) in [7, 11) is 1.55. The molecule has 2 aliphatic heterocycles. The number of benzene rings is 3. The molecule has 5 rings (SSSR count). The molecule has 0 spiro atoms. The smallest absolute Gasteiger partial charge is 0.231 e. The molecule has 0 aliphatic carbocycles. The van der Waals surface area contributed by atoms with E-state index < -0.39 is 0 Å². The number of para-hydroxylation sites is 2. The molecule has 30 heavy (non-hydrogen) atoms. The molecule has 2 heterocycles. The molecule has 2 N–H and O–H groups in total. The van der Waals surface area contributed by atoms with Gasteiger partial charge in [-0.05, 0) is 24.3 Å². The molecule has 154 valence electrons. The Balaban J connectivity index is 1.62. The highest BCUT2D eigenvalue weighted by atomic mass is 16.7. The molecule has 3 atom stereocenters. The first-order chi connectivity index (χ1) is 14.7. The van der Waals surface area contributed by atoms with Crippen LogP contribution in [0.15, 0.2) is 60.7 Å². The Morgan fingerprint density at radius 2 is 1.70 bits per heavy atom. The average Bonchev–Trinajstić information content (AvgIpc) is 3.22. The van der Waals surface area contributed by atoms with Gasteiger partial charge in [0, 0.05) is 34.7 Å². The van der Waals surface area contributed by atoms with Crippen molar-refractivity contribution in [3.63, 3.8) is 0 Å². The average molecular weight is 405 g/mol. The molecule has 0 unspecified atom stereocenters. The summed E-state index contributed by atoms with van der Waals surface area (Å²) in [6, 6.07) is 19.3. The lowest BCUT2D eigenvalue weighted by molar-refractivity contribution is 0.133. The van der Waals surface area contributed by atoms with Crippen LogP contribution in [0, 0.1) is 5.92 Å². The minimum atomic E-state index is -0.309. The van der Waals surface area contributed by atoms with Crippen LogP contribution in [0.3, 0.4) is 0 Å². The summed E-state index contributed by atoms with van der Waals surface area (Å²) in [6.07, 6.45) is -0.309. The SMILES string of the molecule is COc1cccc([C@@H]2c3cc4c(cc3O[C@H](Nc3ccccc3)[C@H]2C)OCO4)c1O. The number of hydrogen-bond donors (Lipinski definition) is 2. The Bertz CT molecular complexity index is 1070. The predicted octanol–water partition coefficient (Wildman–Crippen LogP) is 4.73. The van der Waals surface area contributed by atoms with Gasteiger partial charge in [-0.2, -0.15) is 0 Å². The molecule has 3 aromatic rings. The van der Waals surface area contributed by atoms with Gasteiger partial charge in [-0.15, -0.1) is 0 Å². The van der Waals surface area contributed by atoms with Crippen molar-refractivity contribution < 1.29 is 24.1 Å². The first-order valence-electron chi connectivity index (χ1n) is 9.93. The van der Waals surface area contributed by atoms with Crippen LogP contribution in [0.1, 0.15) is 24.0 Å². The Morgan fingerprint density at radius 3 is 2.47 bits per heavy atom. The zero-order valence-corrected chi connectivity index (χ0v) is 16.8. The maximum Gasteiger partial charge on any atom is 0.231 e. The van der Waals surface area contributed by atoms with E-state index in [0.717, 1.165) is 16.8 Å². The van der Waals surface area contributed by atoms with E-state index in [0.29, 0.717) is 23.0 Å². The van der Waals surface area contributed by atoms with Gasteiger partial charge >= 0.3 is 0 Å². The highest BCUT2D eigenvalue weighted by Crippen LogP contribution is 2.51. The first-order valence-corrected chi connectivity index (χ1v) is 9.93. The van der Waals surface area contributed by atoms with Crippen molar-refractivity contribution in [1.82, 2.24) is 0 Å². The topological polar surface area (TPSA) is 69.2 Å². The zero-order valence-electron chi connectivity index (χ0n) is 16.8. The molecule has 0 saturated heterocycles. The van der Waals surface area contributed by atoms with Gasteiger partial charge < -0.3 is 29.4 Å². The summed E-state index contributed by atoms with van der Waals surface area (Å²) in [5, 5.41) is 14.4. The van der Waals surface area contributed by atoms with Gasteiger partial charge in [0.2, 0.25) is 6.79 Å². The molecule has 0 aromatic heterocycles. The molecule has 0 amide bonds. The summed E-state index contributed by atoms with van der Waals surface area (Å²) in [5.74, 6) is 2.50. The molecule has 0 radical (unpaired) electrons. The van der Waals surface area contributed by atoms with Crippen molar-refractivity contribution in [2.24, 2.45) is 5.92 Å². The molecule has 3 aromatic carbocycles. The molecule has 2 aliphatic rings. The number of hydrogen-bond acceptors (Lipinski definition) is 6. The van der Waals surface area contributed by atoms with Gasteiger partial charge in [0.15, 0.2) is 29.2 Å². The molecule has 0 saturated carbocycles. The number of phenolic OH excluding ortho intramolecular Hbond substituents is 1. The maximum absolute atomic E-state index is 10.9. The van der Waals surface area contributed by atoms with Crippen molar-refractivity contribution in [2.75, 3.05) is 19.2 Å². The van der Waals surface area contributed by atoms with E-state index in [-0.39, 0.29) is 30.6 Å². The summed E-state index contributed by atoms with van der Waals surface area (Å²) in [4.78, 5) is 0. The van der Waals surface area contributed by atoms with Gasteiger partial charge in [0.25, 0.3) is 0 Å². The fourth-order valence-electron chi connectivity index (χ4n) is 4.25. The minimum Gasteiger partial charge on any atom is -0.504 e. The number of anilines is 1. The van der Waals surface area contributed by atoms with Gasteiger partial charge in [-0.1, -0.05) is 37.3 Å². The Labute approximate surface area is 175 Å². The van der Waals surface area contributed by atoms with Crippen molar-refractivity contribution >= 4 is 5.69 Å². The molecule has 6 nitrogen and oxygen atoms in total. The number of rotatable bonds is 4. The van der Waals surface area contributed by atoms with Crippen molar-refractivity contribution in [3.8, 4) is 28.7 Å². The lowest BCUT2D eigenvalue weighted by Gasteiger charge is -2.39. The van der Waals surface area contributed by atoms with Gasteiger partial charge in [-0.3, -0.25) is 0 Å². The van der Waals surface area contributed by atoms with Crippen LogP contribution < -0.4 is 24.3 Å². The van der Waals surface area contributed by atoms with Crippen molar-refractivity contribution in [2.45, 2.75) is 19.1 Å². The summed E-state index contributed by atoms with van der Waals surface area (Å²) in [5.41, 5.74) is 2.69.